The fourth-order valence-corrected chi connectivity index (χ4v) is 1.65. The number of carbonyl (C=O) groups is 1. The maximum atomic E-state index is 11.5. The Labute approximate surface area is 109 Å². The quantitative estimate of drug-likeness (QED) is 0.521. The fraction of sp³-hybridized carbons (Fsp3) is 0.533. The Bertz CT molecular complexity index is 343. The number of rotatable bonds is 8. The third-order valence-corrected chi connectivity index (χ3v) is 2.79. The molecule has 0 aromatic heterocycles. The lowest BCUT2D eigenvalue weighted by Gasteiger charge is -2.05. The molecular weight excluding hydrogens is 228 g/mol. The SMILES string of the molecule is CCCCCCC(=O)OCc1ccc(OC)cc1. The highest BCUT2D eigenvalue weighted by molar-refractivity contribution is 5.69. The Morgan fingerprint density at radius 2 is 1.83 bits per heavy atom. The van der Waals surface area contributed by atoms with Crippen LogP contribution in [-0.2, 0) is 16.1 Å². The molecule has 0 heterocycles. The van der Waals surface area contributed by atoms with Crippen LogP contribution >= 0.6 is 0 Å². The van der Waals surface area contributed by atoms with Crippen LogP contribution in [0.15, 0.2) is 24.3 Å². The van der Waals surface area contributed by atoms with Crippen molar-refractivity contribution in [3.63, 3.8) is 0 Å². The monoisotopic (exact) mass is 250 g/mol. The van der Waals surface area contributed by atoms with Crippen molar-refractivity contribution in [3.05, 3.63) is 29.8 Å². The first-order chi connectivity index (χ1) is 8.76. The highest BCUT2D eigenvalue weighted by atomic mass is 16.5. The van der Waals surface area contributed by atoms with Crippen molar-refractivity contribution in [2.75, 3.05) is 7.11 Å². The smallest absolute Gasteiger partial charge is 0.306 e. The normalized spacial score (nSPS) is 10.1. The molecule has 0 aliphatic heterocycles. The number of hydrogen-bond acceptors (Lipinski definition) is 3. The Kier molecular flexibility index (Phi) is 6.92. The summed E-state index contributed by atoms with van der Waals surface area (Å²) in [6.07, 6.45) is 4.92. The molecule has 0 radical (unpaired) electrons. The molecule has 0 fully saturated rings. The fourth-order valence-electron chi connectivity index (χ4n) is 1.65. The number of methoxy groups -OCH3 is 1. The van der Waals surface area contributed by atoms with Crippen LogP contribution in [0.1, 0.15) is 44.6 Å². The number of carbonyl (C=O) groups excluding carboxylic acids is 1. The minimum absolute atomic E-state index is 0.109. The van der Waals surface area contributed by atoms with E-state index in [1.807, 2.05) is 24.3 Å². The first-order valence-electron chi connectivity index (χ1n) is 6.54. The molecule has 18 heavy (non-hydrogen) atoms. The van der Waals surface area contributed by atoms with Crippen molar-refractivity contribution in [1.29, 1.82) is 0 Å². The van der Waals surface area contributed by atoms with E-state index in [4.69, 9.17) is 9.47 Å². The summed E-state index contributed by atoms with van der Waals surface area (Å²) in [6.45, 7) is 2.50. The van der Waals surface area contributed by atoms with Crippen molar-refractivity contribution < 1.29 is 14.3 Å². The Balaban J connectivity index is 2.20. The van der Waals surface area contributed by atoms with Gasteiger partial charge in [0, 0.05) is 6.42 Å². The molecule has 0 amide bonds. The van der Waals surface area contributed by atoms with Crippen LogP contribution in [0.3, 0.4) is 0 Å². The van der Waals surface area contributed by atoms with Crippen molar-refractivity contribution in [2.24, 2.45) is 0 Å². The maximum Gasteiger partial charge on any atom is 0.306 e. The second-order valence-electron chi connectivity index (χ2n) is 4.32. The van der Waals surface area contributed by atoms with Gasteiger partial charge in [-0.2, -0.15) is 0 Å². The number of unbranched alkanes of at least 4 members (excludes halogenated alkanes) is 3. The average molecular weight is 250 g/mol. The van der Waals surface area contributed by atoms with Crippen molar-refractivity contribution in [2.45, 2.75) is 45.6 Å². The van der Waals surface area contributed by atoms with Crippen LogP contribution in [0.2, 0.25) is 0 Å². The molecule has 0 saturated heterocycles. The molecular formula is C15H22O3. The van der Waals surface area contributed by atoms with E-state index in [0.29, 0.717) is 13.0 Å². The van der Waals surface area contributed by atoms with Gasteiger partial charge in [0.1, 0.15) is 12.4 Å². The lowest BCUT2D eigenvalue weighted by molar-refractivity contribution is -0.145. The van der Waals surface area contributed by atoms with Gasteiger partial charge in [-0.05, 0) is 24.1 Å². The molecule has 100 valence electrons. The average Bonchev–Trinajstić information content (AvgIpc) is 2.42. The third kappa shape index (κ3) is 5.71. The predicted molar refractivity (Wildman–Crippen MR) is 71.5 cm³/mol. The van der Waals surface area contributed by atoms with Gasteiger partial charge in [-0.1, -0.05) is 38.3 Å². The number of hydrogen-bond donors (Lipinski definition) is 0. The molecule has 3 nitrogen and oxygen atoms in total. The van der Waals surface area contributed by atoms with E-state index in [0.717, 1.165) is 24.2 Å². The molecule has 1 rings (SSSR count). The predicted octanol–water partition coefficient (Wildman–Crippen LogP) is 3.71. The molecule has 0 bridgehead atoms. The van der Waals surface area contributed by atoms with Crippen LogP contribution in [0.5, 0.6) is 5.75 Å². The molecule has 0 aliphatic rings. The summed E-state index contributed by atoms with van der Waals surface area (Å²) in [5.74, 6) is 0.701. The standard InChI is InChI=1S/C15H22O3/c1-3-4-5-6-7-15(16)18-12-13-8-10-14(17-2)11-9-13/h8-11H,3-7,12H2,1-2H3. The lowest BCUT2D eigenvalue weighted by atomic mass is 10.1. The Morgan fingerprint density at radius 3 is 2.44 bits per heavy atom. The van der Waals surface area contributed by atoms with E-state index in [-0.39, 0.29) is 5.97 Å². The van der Waals surface area contributed by atoms with Gasteiger partial charge in [-0.25, -0.2) is 0 Å². The van der Waals surface area contributed by atoms with Crippen LogP contribution in [-0.4, -0.2) is 13.1 Å². The number of ether oxygens (including phenoxy) is 2. The molecule has 0 saturated carbocycles. The molecule has 0 unspecified atom stereocenters. The van der Waals surface area contributed by atoms with E-state index >= 15 is 0 Å². The van der Waals surface area contributed by atoms with Gasteiger partial charge >= 0.3 is 5.97 Å². The summed E-state index contributed by atoms with van der Waals surface area (Å²) >= 11 is 0. The van der Waals surface area contributed by atoms with Crippen LogP contribution in [0.4, 0.5) is 0 Å². The molecule has 0 spiro atoms. The van der Waals surface area contributed by atoms with Crippen molar-refractivity contribution >= 4 is 5.97 Å². The van der Waals surface area contributed by atoms with Crippen LogP contribution in [0.25, 0.3) is 0 Å². The van der Waals surface area contributed by atoms with Crippen molar-refractivity contribution in [1.82, 2.24) is 0 Å². The second-order valence-corrected chi connectivity index (χ2v) is 4.32. The van der Waals surface area contributed by atoms with Gasteiger partial charge in [-0.15, -0.1) is 0 Å². The molecule has 0 atom stereocenters. The molecule has 0 N–H and O–H groups in total. The number of benzene rings is 1. The van der Waals surface area contributed by atoms with E-state index in [9.17, 15) is 4.79 Å². The largest absolute Gasteiger partial charge is 0.497 e. The maximum absolute atomic E-state index is 11.5. The second kappa shape index (κ2) is 8.56. The van der Waals surface area contributed by atoms with Gasteiger partial charge < -0.3 is 9.47 Å². The summed E-state index contributed by atoms with van der Waals surface area (Å²) in [7, 11) is 1.63. The zero-order valence-corrected chi connectivity index (χ0v) is 11.3. The highest BCUT2D eigenvalue weighted by Gasteiger charge is 2.03. The molecule has 3 heteroatoms. The van der Waals surface area contributed by atoms with Gasteiger partial charge in [-0.3, -0.25) is 4.79 Å². The minimum Gasteiger partial charge on any atom is -0.497 e. The molecule has 1 aromatic rings. The zero-order chi connectivity index (χ0) is 13.2. The number of esters is 1. The van der Waals surface area contributed by atoms with E-state index < -0.39 is 0 Å². The first kappa shape index (κ1) is 14.6. The zero-order valence-electron chi connectivity index (χ0n) is 11.3. The third-order valence-electron chi connectivity index (χ3n) is 2.79. The van der Waals surface area contributed by atoms with Crippen LogP contribution in [0, 0.1) is 0 Å². The minimum atomic E-state index is -0.109. The summed E-state index contributed by atoms with van der Waals surface area (Å²) < 4.78 is 10.3. The summed E-state index contributed by atoms with van der Waals surface area (Å²) in [5, 5.41) is 0. The highest BCUT2D eigenvalue weighted by Crippen LogP contribution is 2.12. The summed E-state index contributed by atoms with van der Waals surface area (Å²) in [4.78, 5) is 11.5. The summed E-state index contributed by atoms with van der Waals surface area (Å²) in [5.41, 5.74) is 0.984. The van der Waals surface area contributed by atoms with Gasteiger partial charge in [0.15, 0.2) is 0 Å². The van der Waals surface area contributed by atoms with Crippen molar-refractivity contribution in [3.8, 4) is 5.75 Å². The summed E-state index contributed by atoms with van der Waals surface area (Å²) in [6, 6.07) is 7.54. The molecule has 1 aromatic carbocycles. The van der Waals surface area contributed by atoms with E-state index in [2.05, 4.69) is 6.92 Å². The van der Waals surface area contributed by atoms with Gasteiger partial charge in [0.25, 0.3) is 0 Å². The van der Waals surface area contributed by atoms with Gasteiger partial charge in [0.2, 0.25) is 0 Å². The Hall–Kier alpha value is -1.51. The first-order valence-corrected chi connectivity index (χ1v) is 6.54. The van der Waals surface area contributed by atoms with E-state index in [1.54, 1.807) is 7.11 Å². The topological polar surface area (TPSA) is 35.5 Å². The molecule has 0 aliphatic carbocycles. The van der Waals surface area contributed by atoms with Crippen LogP contribution < -0.4 is 4.74 Å². The Morgan fingerprint density at radius 1 is 1.11 bits per heavy atom. The van der Waals surface area contributed by atoms with Gasteiger partial charge in [0.05, 0.1) is 7.11 Å². The lowest BCUT2D eigenvalue weighted by Crippen LogP contribution is -2.04. The van der Waals surface area contributed by atoms with E-state index in [1.165, 1.54) is 12.8 Å².